The van der Waals surface area contributed by atoms with Gasteiger partial charge in [-0.3, -0.25) is 4.79 Å². The summed E-state index contributed by atoms with van der Waals surface area (Å²) in [6, 6.07) is 0. The molecule has 0 heterocycles. The topological polar surface area (TPSA) is 41.1 Å². The van der Waals surface area contributed by atoms with Crippen molar-refractivity contribution in [1.29, 1.82) is 0 Å². The Morgan fingerprint density at radius 3 is 2.31 bits per heavy atom. The van der Waals surface area contributed by atoms with E-state index in [4.69, 9.17) is 0 Å². The first-order chi connectivity index (χ1) is 5.88. The highest BCUT2D eigenvalue weighted by molar-refractivity contribution is 5.81. The van der Waals surface area contributed by atoms with Gasteiger partial charge in [0.15, 0.2) is 0 Å². The predicted molar refractivity (Wildman–Crippen MR) is 42.2 cm³/mol. The van der Waals surface area contributed by atoms with Crippen molar-refractivity contribution < 1.29 is 18.0 Å². The zero-order valence-electron chi connectivity index (χ0n) is 7.53. The third kappa shape index (κ3) is 5.46. The lowest BCUT2D eigenvalue weighted by Crippen LogP contribution is -2.40. The van der Waals surface area contributed by atoms with Crippen molar-refractivity contribution in [2.75, 3.05) is 20.1 Å². The normalized spacial score (nSPS) is 13.9. The summed E-state index contributed by atoms with van der Waals surface area (Å²) in [5.74, 6) is -1.90. The number of hydrogen-bond donors (Lipinski definition) is 2. The number of alkyl halides is 3. The first-order valence-electron chi connectivity index (χ1n) is 3.87. The maximum atomic E-state index is 11.7. The Labute approximate surface area is 74.7 Å². The average molecular weight is 198 g/mol. The van der Waals surface area contributed by atoms with Gasteiger partial charge in [-0.1, -0.05) is 6.92 Å². The number of amides is 1. The van der Waals surface area contributed by atoms with Crippen LogP contribution in [-0.4, -0.2) is 32.2 Å². The molecule has 0 spiro atoms. The Bertz CT molecular complexity index is 170. The Kier molecular flexibility index (Phi) is 4.76. The van der Waals surface area contributed by atoms with Gasteiger partial charge in [-0.2, -0.15) is 13.2 Å². The summed E-state index contributed by atoms with van der Waals surface area (Å²) < 4.78 is 35.0. The molecule has 6 heteroatoms. The molecule has 1 unspecified atom stereocenters. The standard InChI is InChI=1S/C7H13F3N2O/c1-5(3-11-2)4-12-6(13)7(8,9)10/h5,11H,3-4H2,1-2H3,(H,12,13). The highest BCUT2D eigenvalue weighted by Crippen LogP contribution is 2.13. The highest BCUT2D eigenvalue weighted by Gasteiger charge is 2.38. The van der Waals surface area contributed by atoms with E-state index in [1.54, 1.807) is 19.3 Å². The molecule has 0 fully saturated rings. The van der Waals surface area contributed by atoms with Crippen molar-refractivity contribution in [1.82, 2.24) is 10.6 Å². The van der Waals surface area contributed by atoms with Crippen molar-refractivity contribution >= 4 is 5.91 Å². The Balaban J connectivity index is 3.71. The lowest BCUT2D eigenvalue weighted by molar-refractivity contribution is -0.173. The van der Waals surface area contributed by atoms with Crippen molar-refractivity contribution in [3.05, 3.63) is 0 Å². The molecule has 0 bridgehead atoms. The van der Waals surface area contributed by atoms with Gasteiger partial charge in [0.05, 0.1) is 0 Å². The van der Waals surface area contributed by atoms with Crippen LogP contribution in [0.1, 0.15) is 6.92 Å². The van der Waals surface area contributed by atoms with Crippen LogP contribution >= 0.6 is 0 Å². The largest absolute Gasteiger partial charge is 0.471 e. The second-order valence-corrected chi connectivity index (χ2v) is 2.87. The van der Waals surface area contributed by atoms with Gasteiger partial charge in [-0.25, -0.2) is 0 Å². The summed E-state index contributed by atoms with van der Waals surface area (Å²) >= 11 is 0. The van der Waals surface area contributed by atoms with E-state index in [-0.39, 0.29) is 12.5 Å². The fraction of sp³-hybridized carbons (Fsp3) is 0.857. The van der Waals surface area contributed by atoms with E-state index < -0.39 is 12.1 Å². The highest BCUT2D eigenvalue weighted by atomic mass is 19.4. The molecule has 78 valence electrons. The lowest BCUT2D eigenvalue weighted by Gasteiger charge is -2.12. The van der Waals surface area contributed by atoms with Crippen LogP contribution in [0.4, 0.5) is 13.2 Å². The van der Waals surface area contributed by atoms with Crippen LogP contribution in [0.25, 0.3) is 0 Å². The van der Waals surface area contributed by atoms with Crippen LogP contribution in [0, 0.1) is 5.92 Å². The fourth-order valence-corrected chi connectivity index (χ4v) is 0.788. The maximum absolute atomic E-state index is 11.7. The van der Waals surface area contributed by atoms with Gasteiger partial charge in [0.25, 0.3) is 0 Å². The van der Waals surface area contributed by atoms with Gasteiger partial charge in [-0.15, -0.1) is 0 Å². The van der Waals surface area contributed by atoms with E-state index in [9.17, 15) is 18.0 Å². The van der Waals surface area contributed by atoms with Crippen LogP contribution in [0.15, 0.2) is 0 Å². The molecule has 0 aromatic carbocycles. The summed E-state index contributed by atoms with van der Waals surface area (Å²) in [4.78, 5) is 10.3. The molecule has 2 N–H and O–H groups in total. The van der Waals surface area contributed by atoms with Crippen LogP contribution < -0.4 is 10.6 Å². The zero-order valence-corrected chi connectivity index (χ0v) is 7.53. The third-order valence-corrected chi connectivity index (χ3v) is 1.42. The van der Waals surface area contributed by atoms with Crippen LogP contribution in [0.3, 0.4) is 0 Å². The third-order valence-electron chi connectivity index (χ3n) is 1.42. The summed E-state index contributed by atoms with van der Waals surface area (Å²) in [6.07, 6.45) is -4.78. The minimum Gasteiger partial charge on any atom is -0.348 e. The molecule has 0 aliphatic carbocycles. The summed E-state index contributed by atoms with van der Waals surface area (Å²) in [6.45, 7) is 2.34. The van der Waals surface area contributed by atoms with Crippen LogP contribution in [0.2, 0.25) is 0 Å². The van der Waals surface area contributed by atoms with Gasteiger partial charge in [0, 0.05) is 6.54 Å². The van der Waals surface area contributed by atoms with Crippen LogP contribution in [-0.2, 0) is 4.79 Å². The van der Waals surface area contributed by atoms with E-state index in [1.165, 1.54) is 0 Å². The predicted octanol–water partition coefficient (Wildman–Crippen LogP) is 0.520. The van der Waals surface area contributed by atoms with E-state index in [0.717, 1.165) is 0 Å². The average Bonchev–Trinajstić information content (AvgIpc) is 1.99. The van der Waals surface area contributed by atoms with Crippen molar-refractivity contribution in [3.63, 3.8) is 0 Å². The fourth-order valence-electron chi connectivity index (χ4n) is 0.788. The number of hydrogen-bond acceptors (Lipinski definition) is 2. The minimum atomic E-state index is -4.78. The summed E-state index contributed by atoms with van der Waals surface area (Å²) in [5.41, 5.74) is 0. The van der Waals surface area contributed by atoms with Crippen molar-refractivity contribution in [2.24, 2.45) is 5.92 Å². The molecule has 0 saturated carbocycles. The Morgan fingerprint density at radius 2 is 1.92 bits per heavy atom. The lowest BCUT2D eigenvalue weighted by atomic mass is 10.2. The van der Waals surface area contributed by atoms with Gasteiger partial charge in [-0.05, 0) is 19.5 Å². The van der Waals surface area contributed by atoms with Gasteiger partial charge in [0.1, 0.15) is 0 Å². The zero-order chi connectivity index (χ0) is 10.5. The number of nitrogens with one attached hydrogen (secondary N) is 2. The summed E-state index contributed by atoms with van der Waals surface area (Å²) in [7, 11) is 1.70. The molecule has 0 rings (SSSR count). The Hall–Kier alpha value is -0.780. The molecule has 0 aliphatic rings. The van der Waals surface area contributed by atoms with Crippen molar-refractivity contribution in [2.45, 2.75) is 13.1 Å². The first-order valence-corrected chi connectivity index (χ1v) is 3.87. The molecule has 0 aromatic heterocycles. The molecule has 0 radical (unpaired) electrons. The van der Waals surface area contributed by atoms with Crippen LogP contribution in [0.5, 0.6) is 0 Å². The minimum absolute atomic E-state index is 0.0173. The SMILES string of the molecule is CNCC(C)CNC(=O)C(F)(F)F. The first kappa shape index (κ1) is 12.2. The second-order valence-electron chi connectivity index (χ2n) is 2.87. The van der Waals surface area contributed by atoms with E-state index in [0.29, 0.717) is 6.54 Å². The molecule has 1 amide bonds. The molecule has 0 saturated heterocycles. The smallest absolute Gasteiger partial charge is 0.348 e. The number of halogens is 3. The molecular formula is C7H13F3N2O. The quantitative estimate of drug-likeness (QED) is 0.691. The molecule has 3 nitrogen and oxygen atoms in total. The van der Waals surface area contributed by atoms with E-state index in [1.807, 2.05) is 0 Å². The Morgan fingerprint density at radius 1 is 1.38 bits per heavy atom. The van der Waals surface area contributed by atoms with E-state index >= 15 is 0 Å². The van der Waals surface area contributed by atoms with Gasteiger partial charge >= 0.3 is 12.1 Å². The number of carbonyl (C=O) groups excluding carboxylic acids is 1. The second kappa shape index (κ2) is 5.06. The molecular weight excluding hydrogens is 185 g/mol. The van der Waals surface area contributed by atoms with E-state index in [2.05, 4.69) is 5.32 Å². The van der Waals surface area contributed by atoms with Gasteiger partial charge < -0.3 is 10.6 Å². The summed E-state index contributed by atoms with van der Waals surface area (Å²) in [5, 5.41) is 4.60. The number of rotatable bonds is 4. The molecule has 0 aliphatic heterocycles. The monoisotopic (exact) mass is 198 g/mol. The molecule has 1 atom stereocenters. The molecule has 0 aromatic rings. The molecule has 13 heavy (non-hydrogen) atoms. The van der Waals surface area contributed by atoms with Gasteiger partial charge in [0.2, 0.25) is 0 Å². The van der Waals surface area contributed by atoms with Crippen molar-refractivity contribution in [3.8, 4) is 0 Å². The maximum Gasteiger partial charge on any atom is 0.471 e. The number of carbonyl (C=O) groups is 1.